The molecule has 1 saturated heterocycles. The summed E-state index contributed by atoms with van der Waals surface area (Å²) in [6.45, 7) is 7.87. The smallest absolute Gasteiger partial charge is 0.191 e. The number of nitrogens with one attached hydrogen (secondary N) is 2. The summed E-state index contributed by atoms with van der Waals surface area (Å²) in [4.78, 5) is 4.49. The van der Waals surface area contributed by atoms with E-state index >= 15 is 0 Å². The van der Waals surface area contributed by atoms with E-state index in [9.17, 15) is 0 Å². The summed E-state index contributed by atoms with van der Waals surface area (Å²) < 4.78 is 5.89. The van der Waals surface area contributed by atoms with Gasteiger partial charge in [-0.2, -0.15) is 0 Å². The number of hydrogen-bond donors (Lipinski definition) is 2. The Bertz CT molecular complexity index is 426. The lowest BCUT2D eigenvalue weighted by Gasteiger charge is -2.55. The molecule has 5 unspecified atom stereocenters. The van der Waals surface area contributed by atoms with E-state index in [2.05, 4.69) is 36.4 Å². The summed E-state index contributed by atoms with van der Waals surface area (Å²) in [5.74, 6) is 2.53. The minimum Gasteiger partial charge on any atom is -0.377 e. The highest BCUT2D eigenvalue weighted by atomic mass is 127. The lowest BCUT2D eigenvalue weighted by molar-refractivity contribution is -0.106. The zero-order valence-corrected chi connectivity index (χ0v) is 17.4. The number of aliphatic imine (C=N–C) groups is 1. The van der Waals surface area contributed by atoms with E-state index in [0.29, 0.717) is 24.1 Å². The van der Waals surface area contributed by atoms with Crippen LogP contribution < -0.4 is 10.6 Å². The molecule has 3 aliphatic rings. The predicted octanol–water partition coefficient (Wildman–Crippen LogP) is 3.55. The Morgan fingerprint density at radius 2 is 2.00 bits per heavy atom. The van der Waals surface area contributed by atoms with Gasteiger partial charge in [-0.15, -0.1) is 24.0 Å². The van der Waals surface area contributed by atoms with Crippen LogP contribution >= 0.6 is 24.0 Å². The van der Waals surface area contributed by atoms with E-state index < -0.39 is 0 Å². The molecule has 0 aromatic rings. The number of guanidine groups is 1. The predicted molar refractivity (Wildman–Crippen MR) is 106 cm³/mol. The van der Waals surface area contributed by atoms with E-state index in [0.717, 1.165) is 18.5 Å². The molecule has 5 heteroatoms. The van der Waals surface area contributed by atoms with Gasteiger partial charge in [0.05, 0.1) is 6.10 Å². The average molecular weight is 435 g/mol. The molecule has 0 aromatic heterocycles. The van der Waals surface area contributed by atoms with E-state index in [1.165, 1.54) is 38.5 Å². The number of fused-ring (bicyclic) bond motifs is 1. The Morgan fingerprint density at radius 1 is 1.22 bits per heavy atom. The standard InChI is InChI=1S/C18H33N3O.HI/c1-5-12-7-6-8-13(11-12)20-17(19-4)21-15-14-9-10-22-16(14)18(15,2)3;/h12-16H,5-11H2,1-4H3,(H2,19,20,21);1H. The van der Waals surface area contributed by atoms with Crippen molar-refractivity contribution in [1.29, 1.82) is 0 Å². The molecule has 1 heterocycles. The fraction of sp³-hybridized carbons (Fsp3) is 0.944. The molecule has 134 valence electrons. The molecule has 1 aliphatic heterocycles. The summed E-state index contributed by atoms with van der Waals surface area (Å²) in [6.07, 6.45) is 8.24. The highest BCUT2D eigenvalue weighted by Crippen LogP contribution is 2.52. The number of rotatable bonds is 3. The number of hydrogen-bond acceptors (Lipinski definition) is 2. The van der Waals surface area contributed by atoms with Crippen molar-refractivity contribution in [3.63, 3.8) is 0 Å². The first-order chi connectivity index (χ1) is 10.6. The second kappa shape index (κ2) is 7.89. The second-order valence-electron chi connectivity index (χ2n) is 8.04. The molecule has 2 saturated carbocycles. The maximum absolute atomic E-state index is 5.89. The van der Waals surface area contributed by atoms with Gasteiger partial charge < -0.3 is 15.4 Å². The Kier molecular flexibility index (Phi) is 6.62. The Balaban J connectivity index is 0.00000192. The van der Waals surface area contributed by atoms with Crippen LogP contribution in [0.15, 0.2) is 4.99 Å². The van der Waals surface area contributed by atoms with E-state index in [4.69, 9.17) is 4.74 Å². The van der Waals surface area contributed by atoms with Gasteiger partial charge in [-0.3, -0.25) is 4.99 Å². The molecule has 2 N–H and O–H groups in total. The van der Waals surface area contributed by atoms with Crippen LogP contribution in [0.3, 0.4) is 0 Å². The van der Waals surface area contributed by atoms with Crippen molar-refractivity contribution in [2.75, 3.05) is 13.7 Å². The summed E-state index contributed by atoms with van der Waals surface area (Å²) in [5, 5.41) is 7.39. The van der Waals surface area contributed by atoms with Gasteiger partial charge in [-0.05, 0) is 25.2 Å². The van der Waals surface area contributed by atoms with Crippen LogP contribution in [-0.4, -0.2) is 37.8 Å². The topological polar surface area (TPSA) is 45.7 Å². The highest BCUT2D eigenvalue weighted by molar-refractivity contribution is 14.0. The van der Waals surface area contributed by atoms with E-state index in [1.807, 2.05) is 7.05 Å². The second-order valence-corrected chi connectivity index (χ2v) is 8.04. The number of halogens is 1. The molecule has 0 bridgehead atoms. The van der Waals surface area contributed by atoms with Crippen molar-refractivity contribution in [2.24, 2.45) is 22.2 Å². The Labute approximate surface area is 158 Å². The Morgan fingerprint density at radius 3 is 2.70 bits per heavy atom. The van der Waals surface area contributed by atoms with Gasteiger partial charge in [0.25, 0.3) is 0 Å². The summed E-state index contributed by atoms with van der Waals surface area (Å²) in [7, 11) is 1.89. The molecule has 0 aromatic carbocycles. The maximum Gasteiger partial charge on any atom is 0.191 e. The fourth-order valence-corrected chi connectivity index (χ4v) is 4.92. The fourth-order valence-electron chi connectivity index (χ4n) is 4.92. The lowest BCUT2D eigenvalue weighted by atomic mass is 9.57. The van der Waals surface area contributed by atoms with Crippen molar-refractivity contribution in [1.82, 2.24) is 10.6 Å². The molecule has 23 heavy (non-hydrogen) atoms. The van der Waals surface area contributed by atoms with Gasteiger partial charge in [-0.1, -0.05) is 40.0 Å². The van der Waals surface area contributed by atoms with Crippen LogP contribution in [-0.2, 0) is 4.74 Å². The largest absolute Gasteiger partial charge is 0.377 e. The molecule has 0 spiro atoms. The van der Waals surface area contributed by atoms with Crippen molar-refractivity contribution in [3.8, 4) is 0 Å². The van der Waals surface area contributed by atoms with Gasteiger partial charge in [0.2, 0.25) is 0 Å². The molecule has 4 nitrogen and oxygen atoms in total. The van der Waals surface area contributed by atoms with Gasteiger partial charge in [0, 0.05) is 37.1 Å². The van der Waals surface area contributed by atoms with Crippen LogP contribution in [0.5, 0.6) is 0 Å². The van der Waals surface area contributed by atoms with Crippen molar-refractivity contribution < 1.29 is 4.74 Å². The Hall–Kier alpha value is -0.0400. The third-order valence-electron chi connectivity index (χ3n) is 6.32. The van der Waals surface area contributed by atoms with Gasteiger partial charge in [0.15, 0.2) is 5.96 Å². The van der Waals surface area contributed by atoms with Crippen LogP contribution in [0.1, 0.15) is 59.3 Å². The molecule has 2 aliphatic carbocycles. The third-order valence-corrected chi connectivity index (χ3v) is 6.32. The van der Waals surface area contributed by atoms with Crippen molar-refractivity contribution in [2.45, 2.75) is 77.5 Å². The lowest BCUT2D eigenvalue weighted by Crippen LogP contribution is -2.68. The highest BCUT2D eigenvalue weighted by Gasteiger charge is 2.59. The quantitative estimate of drug-likeness (QED) is 0.405. The summed E-state index contributed by atoms with van der Waals surface area (Å²) >= 11 is 0. The van der Waals surface area contributed by atoms with Crippen LogP contribution in [0.25, 0.3) is 0 Å². The zero-order valence-electron chi connectivity index (χ0n) is 15.1. The van der Waals surface area contributed by atoms with Crippen molar-refractivity contribution in [3.05, 3.63) is 0 Å². The molecule has 0 amide bonds. The first-order valence-electron chi connectivity index (χ1n) is 9.17. The van der Waals surface area contributed by atoms with Crippen LogP contribution in [0.2, 0.25) is 0 Å². The zero-order chi connectivity index (χ0) is 15.7. The molecular weight excluding hydrogens is 401 g/mol. The van der Waals surface area contributed by atoms with Gasteiger partial charge in [-0.25, -0.2) is 0 Å². The monoisotopic (exact) mass is 435 g/mol. The van der Waals surface area contributed by atoms with Crippen LogP contribution in [0, 0.1) is 17.3 Å². The third kappa shape index (κ3) is 3.80. The van der Waals surface area contributed by atoms with E-state index in [-0.39, 0.29) is 29.4 Å². The SMILES string of the molecule is CCC1CCCC(NC(=NC)NC2C3CCOC3C2(C)C)C1.I. The number of ether oxygens (including phenoxy) is 1. The summed E-state index contributed by atoms with van der Waals surface area (Å²) in [5.41, 5.74) is 0.206. The minimum atomic E-state index is 0. The van der Waals surface area contributed by atoms with Gasteiger partial charge in [0.1, 0.15) is 0 Å². The molecule has 3 fully saturated rings. The maximum atomic E-state index is 5.89. The number of nitrogens with zero attached hydrogens (tertiary/aromatic N) is 1. The van der Waals surface area contributed by atoms with E-state index in [1.54, 1.807) is 0 Å². The summed E-state index contributed by atoms with van der Waals surface area (Å²) in [6, 6.07) is 1.07. The first kappa shape index (κ1) is 19.3. The van der Waals surface area contributed by atoms with Crippen LogP contribution in [0.4, 0.5) is 0 Å². The minimum absolute atomic E-state index is 0. The molecular formula is C18H34IN3O. The van der Waals surface area contributed by atoms with Gasteiger partial charge >= 0.3 is 0 Å². The average Bonchev–Trinajstić information content (AvgIpc) is 2.98. The van der Waals surface area contributed by atoms with Crippen molar-refractivity contribution >= 4 is 29.9 Å². The normalized spacial score (nSPS) is 39.0. The first-order valence-corrected chi connectivity index (χ1v) is 9.17. The molecule has 5 atom stereocenters. The molecule has 0 radical (unpaired) electrons. The molecule has 3 rings (SSSR count).